The van der Waals surface area contributed by atoms with Crippen LogP contribution in [-0.4, -0.2) is 18.1 Å². The van der Waals surface area contributed by atoms with Gasteiger partial charge in [0.2, 0.25) is 0 Å². The molecule has 3 heteroatoms. The fourth-order valence-electron chi connectivity index (χ4n) is 1.60. The second kappa shape index (κ2) is 6.60. The van der Waals surface area contributed by atoms with Crippen molar-refractivity contribution in [2.75, 3.05) is 0 Å². The summed E-state index contributed by atoms with van der Waals surface area (Å²) in [4.78, 5) is 12.0. The van der Waals surface area contributed by atoms with E-state index in [2.05, 4.69) is 19.2 Å². The SMILES string of the molecule is Cc1cccc(OC(C)C(=O)NC(C)C(C)C)c1C. The summed E-state index contributed by atoms with van der Waals surface area (Å²) in [6.07, 6.45) is -0.485. The number of carbonyl (C=O) groups excluding carboxylic acids is 1. The predicted octanol–water partition coefficient (Wildman–Crippen LogP) is 3.23. The van der Waals surface area contributed by atoms with Gasteiger partial charge in [-0.1, -0.05) is 26.0 Å². The molecule has 2 unspecified atom stereocenters. The van der Waals surface area contributed by atoms with Crippen LogP contribution in [0.2, 0.25) is 0 Å². The second-order valence-corrected chi connectivity index (χ2v) is 5.50. The highest BCUT2D eigenvalue weighted by molar-refractivity contribution is 5.81. The van der Waals surface area contributed by atoms with Crippen molar-refractivity contribution in [1.29, 1.82) is 0 Å². The van der Waals surface area contributed by atoms with Crippen LogP contribution in [0.25, 0.3) is 0 Å². The van der Waals surface area contributed by atoms with Gasteiger partial charge < -0.3 is 10.1 Å². The Labute approximate surface area is 116 Å². The number of amides is 1. The van der Waals surface area contributed by atoms with E-state index in [1.54, 1.807) is 6.92 Å². The maximum Gasteiger partial charge on any atom is 0.260 e. The molecule has 0 saturated carbocycles. The van der Waals surface area contributed by atoms with E-state index in [1.165, 1.54) is 5.56 Å². The maximum atomic E-state index is 12.0. The summed E-state index contributed by atoms with van der Waals surface area (Å²) in [6.45, 7) is 12.0. The summed E-state index contributed by atoms with van der Waals surface area (Å²) in [7, 11) is 0. The maximum absolute atomic E-state index is 12.0. The average Bonchev–Trinajstić information content (AvgIpc) is 2.34. The fraction of sp³-hybridized carbons (Fsp3) is 0.562. The molecule has 1 aromatic carbocycles. The molecular weight excluding hydrogens is 238 g/mol. The van der Waals surface area contributed by atoms with E-state index >= 15 is 0 Å². The molecule has 0 aliphatic rings. The van der Waals surface area contributed by atoms with Gasteiger partial charge in [-0.2, -0.15) is 0 Å². The lowest BCUT2D eigenvalue weighted by Crippen LogP contribution is -2.43. The number of nitrogens with one attached hydrogen (secondary N) is 1. The third-order valence-corrected chi connectivity index (χ3v) is 3.60. The van der Waals surface area contributed by atoms with Crippen molar-refractivity contribution in [1.82, 2.24) is 5.32 Å². The van der Waals surface area contributed by atoms with Gasteiger partial charge in [-0.15, -0.1) is 0 Å². The highest BCUT2D eigenvalue weighted by Gasteiger charge is 2.19. The van der Waals surface area contributed by atoms with Gasteiger partial charge in [-0.05, 0) is 50.8 Å². The number of rotatable bonds is 5. The van der Waals surface area contributed by atoms with Crippen LogP contribution in [0.5, 0.6) is 5.75 Å². The number of carbonyl (C=O) groups is 1. The standard InChI is InChI=1S/C16H25NO2/c1-10(2)13(5)17-16(18)14(6)19-15-9-7-8-11(3)12(15)4/h7-10,13-14H,1-6H3,(H,17,18). The summed E-state index contributed by atoms with van der Waals surface area (Å²) in [6, 6.07) is 6.03. The van der Waals surface area contributed by atoms with Crippen molar-refractivity contribution in [3.63, 3.8) is 0 Å². The zero-order valence-corrected chi connectivity index (χ0v) is 12.8. The minimum Gasteiger partial charge on any atom is -0.481 e. The Hall–Kier alpha value is -1.51. The molecule has 0 bridgehead atoms. The van der Waals surface area contributed by atoms with Crippen LogP contribution in [0, 0.1) is 19.8 Å². The molecule has 0 aromatic heterocycles. The molecule has 1 aromatic rings. The van der Waals surface area contributed by atoms with Crippen LogP contribution in [0.3, 0.4) is 0 Å². The Morgan fingerprint density at radius 1 is 1.16 bits per heavy atom. The highest BCUT2D eigenvalue weighted by Crippen LogP contribution is 2.21. The Morgan fingerprint density at radius 2 is 1.79 bits per heavy atom. The molecule has 0 fully saturated rings. The van der Waals surface area contributed by atoms with Gasteiger partial charge in [0.1, 0.15) is 5.75 Å². The smallest absolute Gasteiger partial charge is 0.260 e. The van der Waals surface area contributed by atoms with Crippen molar-refractivity contribution >= 4 is 5.91 Å². The molecule has 0 aliphatic carbocycles. The number of ether oxygens (including phenoxy) is 1. The Kier molecular flexibility index (Phi) is 5.40. The molecule has 0 spiro atoms. The number of hydrogen-bond acceptors (Lipinski definition) is 2. The molecule has 0 radical (unpaired) electrons. The van der Waals surface area contributed by atoms with Gasteiger partial charge in [0.15, 0.2) is 6.10 Å². The molecule has 1 amide bonds. The lowest BCUT2D eigenvalue weighted by atomic mass is 10.1. The first-order chi connectivity index (χ1) is 8.82. The molecule has 2 atom stereocenters. The largest absolute Gasteiger partial charge is 0.481 e. The van der Waals surface area contributed by atoms with Crippen molar-refractivity contribution in [3.8, 4) is 5.75 Å². The molecule has 0 saturated heterocycles. The first-order valence-corrected chi connectivity index (χ1v) is 6.86. The average molecular weight is 263 g/mol. The molecule has 3 nitrogen and oxygen atoms in total. The molecule has 1 rings (SSSR count). The second-order valence-electron chi connectivity index (χ2n) is 5.50. The van der Waals surface area contributed by atoms with E-state index in [0.29, 0.717) is 5.92 Å². The lowest BCUT2D eigenvalue weighted by molar-refractivity contribution is -0.128. The van der Waals surface area contributed by atoms with Crippen molar-refractivity contribution in [2.24, 2.45) is 5.92 Å². The zero-order valence-electron chi connectivity index (χ0n) is 12.8. The topological polar surface area (TPSA) is 38.3 Å². The van der Waals surface area contributed by atoms with Crippen LogP contribution in [-0.2, 0) is 4.79 Å². The Balaban J connectivity index is 2.66. The van der Waals surface area contributed by atoms with E-state index in [4.69, 9.17) is 4.74 Å². The van der Waals surface area contributed by atoms with E-state index in [-0.39, 0.29) is 11.9 Å². The first-order valence-electron chi connectivity index (χ1n) is 6.86. The van der Waals surface area contributed by atoms with E-state index < -0.39 is 6.10 Å². The monoisotopic (exact) mass is 263 g/mol. The van der Waals surface area contributed by atoms with Crippen LogP contribution < -0.4 is 10.1 Å². The summed E-state index contributed by atoms with van der Waals surface area (Å²) in [5.74, 6) is 1.12. The summed E-state index contributed by atoms with van der Waals surface area (Å²) < 4.78 is 5.76. The molecular formula is C16H25NO2. The number of benzene rings is 1. The zero-order chi connectivity index (χ0) is 14.6. The third kappa shape index (κ3) is 4.27. The normalized spacial score (nSPS) is 14.1. The minimum absolute atomic E-state index is 0.0675. The third-order valence-electron chi connectivity index (χ3n) is 3.60. The van der Waals surface area contributed by atoms with Crippen molar-refractivity contribution in [3.05, 3.63) is 29.3 Å². The molecule has 0 aliphatic heterocycles. The first kappa shape index (κ1) is 15.5. The van der Waals surface area contributed by atoms with Crippen LogP contribution in [0.4, 0.5) is 0 Å². The fourth-order valence-corrected chi connectivity index (χ4v) is 1.60. The lowest BCUT2D eigenvalue weighted by Gasteiger charge is -2.21. The molecule has 19 heavy (non-hydrogen) atoms. The summed E-state index contributed by atoms with van der Waals surface area (Å²) in [5, 5.41) is 2.97. The van der Waals surface area contributed by atoms with Crippen molar-refractivity contribution in [2.45, 2.75) is 53.7 Å². The molecule has 1 N–H and O–H groups in total. The summed E-state index contributed by atoms with van der Waals surface area (Å²) in [5.41, 5.74) is 2.25. The van der Waals surface area contributed by atoms with Gasteiger partial charge >= 0.3 is 0 Å². The quantitative estimate of drug-likeness (QED) is 0.885. The van der Waals surface area contributed by atoms with E-state index in [1.807, 2.05) is 39.0 Å². The van der Waals surface area contributed by atoms with Gasteiger partial charge in [0.25, 0.3) is 5.91 Å². The van der Waals surface area contributed by atoms with Crippen LogP contribution >= 0.6 is 0 Å². The number of aryl methyl sites for hydroxylation is 1. The Bertz CT molecular complexity index is 440. The van der Waals surface area contributed by atoms with Gasteiger partial charge in [0.05, 0.1) is 0 Å². The van der Waals surface area contributed by atoms with Crippen LogP contribution in [0.15, 0.2) is 18.2 Å². The van der Waals surface area contributed by atoms with E-state index in [9.17, 15) is 4.79 Å². The van der Waals surface area contributed by atoms with E-state index in [0.717, 1.165) is 11.3 Å². The van der Waals surface area contributed by atoms with Gasteiger partial charge in [-0.25, -0.2) is 0 Å². The van der Waals surface area contributed by atoms with Crippen LogP contribution in [0.1, 0.15) is 38.8 Å². The van der Waals surface area contributed by atoms with Crippen molar-refractivity contribution < 1.29 is 9.53 Å². The summed E-state index contributed by atoms with van der Waals surface area (Å²) >= 11 is 0. The van der Waals surface area contributed by atoms with Gasteiger partial charge in [0, 0.05) is 6.04 Å². The number of hydrogen-bond donors (Lipinski definition) is 1. The molecule has 106 valence electrons. The highest BCUT2D eigenvalue weighted by atomic mass is 16.5. The minimum atomic E-state index is -0.485. The predicted molar refractivity (Wildman–Crippen MR) is 78.4 cm³/mol. The molecule has 0 heterocycles. The van der Waals surface area contributed by atoms with Gasteiger partial charge in [-0.3, -0.25) is 4.79 Å². The Morgan fingerprint density at radius 3 is 2.37 bits per heavy atom.